The Kier molecular flexibility index (Phi) is 8.80. The molecule has 0 amide bonds. The van der Waals surface area contributed by atoms with Crippen molar-refractivity contribution in [3.05, 3.63) is 0 Å². The van der Waals surface area contributed by atoms with E-state index in [1.807, 2.05) is 0 Å². The molecule has 1 rings (SSSR count). The third-order valence-corrected chi connectivity index (χ3v) is 12.0. The molecule has 1 aliphatic heterocycles. The van der Waals surface area contributed by atoms with Crippen LogP contribution in [0.15, 0.2) is 0 Å². The zero-order chi connectivity index (χ0) is 11.6. The van der Waals surface area contributed by atoms with Gasteiger partial charge in [0.25, 0.3) is 0 Å². The van der Waals surface area contributed by atoms with Crippen molar-refractivity contribution in [3.8, 4) is 0 Å². The van der Waals surface area contributed by atoms with Gasteiger partial charge < -0.3 is 0 Å². The molecule has 0 saturated carbocycles. The molecule has 94 valence electrons. The van der Waals surface area contributed by atoms with Crippen LogP contribution in [0, 0.1) is 0 Å². The van der Waals surface area contributed by atoms with Crippen LogP contribution in [-0.2, 0) is 0 Å². The summed E-state index contributed by atoms with van der Waals surface area (Å²) >= 11 is -0.776. The Balaban J connectivity index is 2.25. The molecule has 1 nitrogen and oxygen atoms in total. The van der Waals surface area contributed by atoms with Crippen molar-refractivity contribution in [1.29, 1.82) is 0 Å². The monoisotopic (exact) mass is 281 g/mol. The van der Waals surface area contributed by atoms with E-state index < -0.39 is 16.2 Å². The Morgan fingerprint density at radius 3 is 2.00 bits per heavy atom. The summed E-state index contributed by atoms with van der Waals surface area (Å²) in [5.41, 5.74) is 0. The molecule has 0 N–H and O–H groups in total. The average Bonchev–Trinajstić information content (AvgIpc) is 2.29. The second kappa shape index (κ2) is 9.61. The molecule has 0 aromatic heterocycles. The molecule has 0 spiro atoms. The zero-order valence-corrected chi connectivity index (χ0v) is 13.9. The Bertz CT molecular complexity index is 131. The fraction of sp³-hybridized carbons (Fsp3) is 1.00. The van der Waals surface area contributed by atoms with Crippen LogP contribution >= 0.6 is 0 Å². The summed E-state index contributed by atoms with van der Waals surface area (Å²) in [4.78, 5) is 7.72. The van der Waals surface area contributed by atoms with Gasteiger partial charge in [0.15, 0.2) is 0 Å². The average molecular weight is 282 g/mol. The zero-order valence-electron chi connectivity index (χ0n) is 11.5. The van der Waals surface area contributed by atoms with Gasteiger partial charge in [-0.1, -0.05) is 0 Å². The summed E-state index contributed by atoms with van der Waals surface area (Å²) in [6.07, 6.45) is 8.84. The molecule has 16 heavy (non-hydrogen) atoms. The Morgan fingerprint density at radius 2 is 1.50 bits per heavy atom. The minimum absolute atomic E-state index is 0.776. The Labute approximate surface area is 108 Å². The Morgan fingerprint density at radius 1 is 0.875 bits per heavy atom. The first kappa shape index (κ1) is 14.7. The van der Waals surface area contributed by atoms with E-state index in [9.17, 15) is 0 Å². The molecule has 0 bridgehead atoms. The number of nitrogens with zero attached hydrogens (tertiary/aromatic N) is 1. The number of hydrogen-bond donors (Lipinski definition) is 0. The number of hydrogen-bond acceptors (Lipinski definition) is 1. The van der Waals surface area contributed by atoms with Gasteiger partial charge in [0.05, 0.1) is 0 Å². The SMILES string of the molecule is CCCN1CCC[CH2][Ga]([CH2]CC)[CH2]CCC1. The van der Waals surface area contributed by atoms with E-state index in [-0.39, 0.29) is 0 Å². The molecule has 0 unspecified atom stereocenters. The molecular weight excluding hydrogens is 252 g/mol. The number of rotatable bonds is 4. The van der Waals surface area contributed by atoms with Gasteiger partial charge in [0.1, 0.15) is 0 Å². The molecule has 0 aromatic rings. The van der Waals surface area contributed by atoms with Crippen LogP contribution in [0.2, 0.25) is 14.9 Å². The summed E-state index contributed by atoms with van der Waals surface area (Å²) in [6.45, 7) is 8.79. The molecule has 0 atom stereocenters. The van der Waals surface area contributed by atoms with Crippen LogP contribution in [0.3, 0.4) is 0 Å². The van der Waals surface area contributed by atoms with Gasteiger partial charge in [0, 0.05) is 0 Å². The molecule has 1 heterocycles. The summed E-state index contributed by atoms with van der Waals surface area (Å²) in [5.74, 6) is 0. The van der Waals surface area contributed by atoms with Gasteiger partial charge in [-0.2, -0.15) is 0 Å². The topological polar surface area (TPSA) is 3.24 Å². The van der Waals surface area contributed by atoms with Crippen molar-refractivity contribution in [2.75, 3.05) is 19.6 Å². The van der Waals surface area contributed by atoms with E-state index in [1.165, 1.54) is 45.3 Å². The van der Waals surface area contributed by atoms with Crippen LogP contribution in [0.5, 0.6) is 0 Å². The van der Waals surface area contributed by atoms with Crippen molar-refractivity contribution in [1.82, 2.24) is 4.90 Å². The molecular formula is C14H30GaN. The molecule has 1 fully saturated rings. The standard InChI is InChI=1S/C11H23N.C3H7.Ga/c1-4-7-10-12(9-6-3)11-8-5-2;1-3-2;/h1-2,4-11H2,3H3;1,3H2,2H3;. The normalized spacial score (nSPS) is 21.0. The minimum atomic E-state index is -0.776. The van der Waals surface area contributed by atoms with Crippen molar-refractivity contribution in [2.45, 2.75) is 67.3 Å². The Hall–Kier alpha value is 0.596. The van der Waals surface area contributed by atoms with Gasteiger partial charge in [-0.15, -0.1) is 0 Å². The van der Waals surface area contributed by atoms with Gasteiger partial charge >= 0.3 is 108 Å². The van der Waals surface area contributed by atoms with E-state index >= 15 is 0 Å². The van der Waals surface area contributed by atoms with Gasteiger partial charge in [-0.25, -0.2) is 0 Å². The first-order chi connectivity index (χ1) is 7.86. The van der Waals surface area contributed by atoms with E-state index in [0.29, 0.717) is 0 Å². The first-order valence-corrected chi connectivity index (χ1v) is 12.7. The maximum atomic E-state index is 2.70. The summed E-state index contributed by atoms with van der Waals surface area (Å²) in [6, 6.07) is 0. The predicted molar refractivity (Wildman–Crippen MR) is 75.7 cm³/mol. The summed E-state index contributed by atoms with van der Waals surface area (Å²) in [5, 5.41) is 0. The fourth-order valence-corrected chi connectivity index (χ4v) is 10.2. The molecule has 1 aliphatic rings. The third kappa shape index (κ3) is 6.36. The van der Waals surface area contributed by atoms with Crippen LogP contribution < -0.4 is 0 Å². The van der Waals surface area contributed by atoms with Gasteiger partial charge in [0.2, 0.25) is 0 Å². The van der Waals surface area contributed by atoms with Gasteiger partial charge in [-0.3, -0.25) is 0 Å². The second-order valence-corrected chi connectivity index (χ2v) is 12.8. The van der Waals surface area contributed by atoms with Crippen molar-refractivity contribution >= 4 is 16.2 Å². The van der Waals surface area contributed by atoms with Crippen molar-refractivity contribution in [3.63, 3.8) is 0 Å². The quantitative estimate of drug-likeness (QED) is 0.699. The van der Waals surface area contributed by atoms with E-state index in [0.717, 1.165) is 0 Å². The van der Waals surface area contributed by atoms with Crippen LogP contribution in [0.4, 0.5) is 0 Å². The molecule has 0 aromatic carbocycles. The molecule has 1 saturated heterocycles. The summed E-state index contributed by atoms with van der Waals surface area (Å²) < 4.78 is 0. The van der Waals surface area contributed by atoms with Crippen LogP contribution in [0.25, 0.3) is 0 Å². The predicted octanol–water partition coefficient (Wildman–Crippen LogP) is 4.18. The van der Waals surface area contributed by atoms with Crippen LogP contribution in [0.1, 0.15) is 52.4 Å². The van der Waals surface area contributed by atoms with Crippen molar-refractivity contribution in [2.24, 2.45) is 0 Å². The second-order valence-electron chi connectivity index (χ2n) is 5.49. The molecule has 2 heteroatoms. The van der Waals surface area contributed by atoms with E-state index in [4.69, 9.17) is 0 Å². The maximum absolute atomic E-state index is 2.70. The van der Waals surface area contributed by atoms with E-state index in [1.54, 1.807) is 27.8 Å². The molecule has 0 radical (unpaired) electrons. The van der Waals surface area contributed by atoms with Crippen LogP contribution in [-0.4, -0.2) is 40.8 Å². The fourth-order valence-electron chi connectivity index (χ4n) is 3.03. The third-order valence-electron chi connectivity index (χ3n) is 3.91. The van der Waals surface area contributed by atoms with Crippen molar-refractivity contribution < 1.29 is 0 Å². The molecule has 0 aliphatic carbocycles. The van der Waals surface area contributed by atoms with Gasteiger partial charge in [-0.05, 0) is 0 Å². The van der Waals surface area contributed by atoms with E-state index in [2.05, 4.69) is 18.7 Å². The first-order valence-electron chi connectivity index (χ1n) is 7.59. The summed E-state index contributed by atoms with van der Waals surface area (Å²) in [7, 11) is 0.